The Morgan fingerprint density at radius 2 is 2.42 bits per heavy atom. The fraction of sp³-hybridized carbons (Fsp3) is 0.429. The van der Waals surface area contributed by atoms with Crippen molar-refractivity contribution in [3.05, 3.63) is 15.9 Å². The van der Waals surface area contributed by atoms with Gasteiger partial charge in [-0.25, -0.2) is 4.79 Å². The van der Waals surface area contributed by atoms with Gasteiger partial charge >= 0.3 is 5.97 Å². The number of halogens is 1. The van der Waals surface area contributed by atoms with E-state index in [1.807, 2.05) is 0 Å². The predicted molar refractivity (Wildman–Crippen MR) is 47.0 cm³/mol. The van der Waals surface area contributed by atoms with Gasteiger partial charge in [-0.2, -0.15) is 5.10 Å². The zero-order valence-corrected chi connectivity index (χ0v) is 8.43. The second kappa shape index (κ2) is 3.71. The third kappa shape index (κ3) is 1.66. The lowest BCUT2D eigenvalue weighted by atomic mass is 10.4. The molecule has 0 unspecified atom stereocenters. The maximum absolute atomic E-state index is 11.2. The summed E-state index contributed by atoms with van der Waals surface area (Å²) < 4.78 is 5.45. The third-order valence-corrected chi connectivity index (χ3v) is 2.32. The van der Waals surface area contributed by atoms with E-state index in [0.717, 1.165) is 5.69 Å². The minimum atomic E-state index is -0.384. The average molecular weight is 233 g/mol. The molecule has 0 aliphatic heterocycles. The van der Waals surface area contributed by atoms with Gasteiger partial charge in [0, 0.05) is 0 Å². The Morgan fingerprint density at radius 3 is 2.83 bits per heavy atom. The molecule has 12 heavy (non-hydrogen) atoms. The molecule has 4 nitrogen and oxygen atoms in total. The summed E-state index contributed by atoms with van der Waals surface area (Å²) in [5.41, 5.74) is 1.12. The van der Waals surface area contributed by atoms with Crippen molar-refractivity contribution in [3.63, 3.8) is 0 Å². The van der Waals surface area contributed by atoms with Gasteiger partial charge in [0.25, 0.3) is 0 Å². The van der Waals surface area contributed by atoms with Crippen molar-refractivity contribution in [1.29, 1.82) is 0 Å². The van der Waals surface area contributed by atoms with Gasteiger partial charge in [-0.15, -0.1) is 0 Å². The van der Waals surface area contributed by atoms with Crippen LogP contribution in [0.15, 0.2) is 4.47 Å². The van der Waals surface area contributed by atoms with E-state index in [2.05, 4.69) is 26.1 Å². The Kier molecular flexibility index (Phi) is 2.86. The van der Waals surface area contributed by atoms with E-state index >= 15 is 0 Å². The Hall–Kier alpha value is -0.840. The van der Waals surface area contributed by atoms with Gasteiger partial charge in [0.15, 0.2) is 5.69 Å². The van der Waals surface area contributed by atoms with Gasteiger partial charge in [0.2, 0.25) is 0 Å². The summed E-state index contributed by atoms with van der Waals surface area (Å²) in [6.45, 7) is 3.92. The van der Waals surface area contributed by atoms with E-state index in [9.17, 15) is 4.79 Å². The molecule has 0 atom stereocenters. The molecular formula is C7H9BrN2O2. The van der Waals surface area contributed by atoms with Crippen LogP contribution in [0.25, 0.3) is 0 Å². The molecule has 0 spiro atoms. The summed E-state index contributed by atoms with van der Waals surface area (Å²) in [5, 5.41) is 6.43. The summed E-state index contributed by atoms with van der Waals surface area (Å²) in [7, 11) is 0. The molecule has 1 aromatic heterocycles. The number of esters is 1. The lowest BCUT2D eigenvalue weighted by Crippen LogP contribution is -2.05. The highest BCUT2D eigenvalue weighted by Crippen LogP contribution is 2.18. The van der Waals surface area contributed by atoms with Gasteiger partial charge in [0.1, 0.15) is 0 Å². The van der Waals surface area contributed by atoms with Gasteiger partial charge in [-0.05, 0) is 29.8 Å². The topological polar surface area (TPSA) is 55.0 Å². The highest BCUT2D eigenvalue weighted by atomic mass is 79.9. The van der Waals surface area contributed by atoms with E-state index < -0.39 is 0 Å². The van der Waals surface area contributed by atoms with E-state index in [-0.39, 0.29) is 5.97 Å². The first-order chi connectivity index (χ1) is 5.66. The number of hydrogen-bond acceptors (Lipinski definition) is 3. The maximum Gasteiger partial charge on any atom is 0.357 e. The van der Waals surface area contributed by atoms with Crippen LogP contribution in [0.4, 0.5) is 0 Å². The van der Waals surface area contributed by atoms with Crippen molar-refractivity contribution >= 4 is 21.9 Å². The summed E-state index contributed by atoms with van der Waals surface area (Å²) in [6, 6.07) is 0. The Bertz CT molecular complexity index is 296. The molecule has 1 aromatic rings. The second-order valence-electron chi connectivity index (χ2n) is 2.22. The van der Waals surface area contributed by atoms with Gasteiger partial charge in [-0.1, -0.05) is 0 Å². The number of hydrogen-bond donors (Lipinski definition) is 1. The van der Waals surface area contributed by atoms with E-state index in [0.29, 0.717) is 16.8 Å². The molecule has 0 saturated carbocycles. The standard InChI is InChI=1S/C7H9BrN2O2/c1-3-12-7(11)6-5(8)4(2)9-10-6/h3H2,1-2H3,(H,9,10). The molecule has 0 aromatic carbocycles. The molecule has 1 rings (SSSR count). The van der Waals surface area contributed by atoms with Crippen LogP contribution in [0.2, 0.25) is 0 Å². The highest BCUT2D eigenvalue weighted by molar-refractivity contribution is 9.10. The quantitative estimate of drug-likeness (QED) is 0.790. The fourth-order valence-corrected chi connectivity index (χ4v) is 1.10. The molecule has 0 aliphatic carbocycles. The van der Waals surface area contributed by atoms with Crippen LogP contribution in [0.1, 0.15) is 23.1 Å². The minimum absolute atomic E-state index is 0.364. The maximum atomic E-state index is 11.2. The number of aryl methyl sites for hydroxylation is 1. The largest absolute Gasteiger partial charge is 0.461 e. The van der Waals surface area contributed by atoms with Crippen molar-refractivity contribution < 1.29 is 9.53 Å². The number of nitrogens with one attached hydrogen (secondary N) is 1. The third-order valence-electron chi connectivity index (χ3n) is 1.35. The molecule has 0 fully saturated rings. The first-order valence-corrected chi connectivity index (χ1v) is 4.33. The summed E-state index contributed by atoms with van der Waals surface area (Å²) >= 11 is 3.23. The van der Waals surface area contributed by atoms with Crippen LogP contribution in [-0.4, -0.2) is 22.8 Å². The summed E-state index contributed by atoms with van der Waals surface area (Å²) in [4.78, 5) is 11.2. The Morgan fingerprint density at radius 1 is 1.75 bits per heavy atom. The normalized spacial score (nSPS) is 9.92. The van der Waals surface area contributed by atoms with Crippen molar-refractivity contribution in [2.24, 2.45) is 0 Å². The monoisotopic (exact) mass is 232 g/mol. The number of nitrogens with zero attached hydrogens (tertiary/aromatic N) is 1. The Balaban J connectivity index is 2.88. The zero-order valence-electron chi connectivity index (χ0n) is 6.85. The van der Waals surface area contributed by atoms with E-state index in [4.69, 9.17) is 4.74 Å². The first kappa shape index (κ1) is 9.25. The molecule has 66 valence electrons. The lowest BCUT2D eigenvalue weighted by molar-refractivity contribution is 0.0518. The molecule has 0 radical (unpaired) electrons. The molecule has 5 heteroatoms. The summed E-state index contributed by atoms with van der Waals surface area (Å²) in [6.07, 6.45) is 0. The predicted octanol–water partition coefficient (Wildman–Crippen LogP) is 1.66. The van der Waals surface area contributed by atoms with Crippen LogP contribution >= 0.6 is 15.9 Å². The number of rotatable bonds is 2. The van der Waals surface area contributed by atoms with Gasteiger partial charge in [-0.3, -0.25) is 5.10 Å². The van der Waals surface area contributed by atoms with Crippen molar-refractivity contribution in [2.75, 3.05) is 6.61 Å². The number of ether oxygens (including phenoxy) is 1. The molecule has 0 saturated heterocycles. The average Bonchev–Trinajstić information content (AvgIpc) is 2.34. The molecule has 0 amide bonds. The second-order valence-corrected chi connectivity index (χ2v) is 3.01. The number of H-pyrrole nitrogens is 1. The van der Waals surface area contributed by atoms with Crippen LogP contribution in [-0.2, 0) is 4.74 Å². The van der Waals surface area contributed by atoms with E-state index in [1.54, 1.807) is 13.8 Å². The van der Waals surface area contributed by atoms with Crippen molar-refractivity contribution in [3.8, 4) is 0 Å². The van der Waals surface area contributed by atoms with Crippen LogP contribution in [0.3, 0.4) is 0 Å². The SMILES string of the molecule is CCOC(=O)c1[nH]nc(C)c1Br. The van der Waals surface area contributed by atoms with Crippen LogP contribution < -0.4 is 0 Å². The highest BCUT2D eigenvalue weighted by Gasteiger charge is 2.15. The summed E-state index contributed by atoms with van der Waals surface area (Å²) in [5.74, 6) is -0.384. The number of carbonyl (C=O) groups is 1. The van der Waals surface area contributed by atoms with Crippen molar-refractivity contribution in [1.82, 2.24) is 10.2 Å². The Labute approximate surface area is 78.4 Å². The van der Waals surface area contributed by atoms with Crippen LogP contribution in [0, 0.1) is 6.92 Å². The number of aromatic nitrogens is 2. The van der Waals surface area contributed by atoms with Gasteiger partial charge < -0.3 is 4.74 Å². The van der Waals surface area contributed by atoms with Gasteiger partial charge in [0.05, 0.1) is 16.8 Å². The number of aromatic amines is 1. The fourth-order valence-electron chi connectivity index (χ4n) is 0.757. The first-order valence-electron chi connectivity index (χ1n) is 3.54. The lowest BCUT2D eigenvalue weighted by Gasteiger charge is -1.97. The smallest absolute Gasteiger partial charge is 0.357 e. The molecule has 0 aliphatic rings. The zero-order chi connectivity index (χ0) is 9.14. The van der Waals surface area contributed by atoms with Crippen molar-refractivity contribution in [2.45, 2.75) is 13.8 Å². The van der Waals surface area contributed by atoms with E-state index in [1.165, 1.54) is 0 Å². The molecule has 0 bridgehead atoms. The molecule has 1 heterocycles. The van der Waals surface area contributed by atoms with Crippen LogP contribution in [0.5, 0.6) is 0 Å². The molecular weight excluding hydrogens is 224 g/mol. The molecule has 1 N–H and O–H groups in total. The number of carbonyl (C=O) groups excluding carboxylic acids is 1. The minimum Gasteiger partial charge on any atom is -0.461 e.